The number of hydrogen-bond acceptors (Lipinski definition) is 5. The summed E-state index contributed by atoms with van der Waals surface area (Å²) < 4.78 is 20.7. The van der Waals surface area contributed by atoms with Crippen LogP contribution in [0.4, 0.5) is 4.39 Å². The first-order valence-corrected chi connectivity index (χ1v) is 12.0. The maximum Gasteiger partial charge on any atom is 0.159 e. The van der Waals surface area contributed by atoms with Gasteiger partial charge in [-0.2, -0.15) is 5.10 Å². The molecular weight excluding hydrogens is 445 g/mol. The van der Waals surface area contributed by atoms with Gasteiger partial charge in [-0.1, -0.05) is 25.1 Å². The second-order valence-corrected chi connectivity index (χ2v) is 8.88. The average molecular weight is 476 g/mol. The van der Waals surface area contributed by atoms with Crippen LogP contribution in [0, 0.1) is 5.82 Å². The minimum atomic E-state index is -0.364. The van der Waals surface area contributed by atoms with Crippen molar-refractivity contribution in [2.45, 2.75) is 26.2 Å². The van der Waals surface area contributed by atoms with E-state index < -0.39 is 0 Å². The Hall–Kier alpha value is -3.49. The lowest BCUT2D eigenvalue weighted by Gasteiger charge is -2.25. The predicted octanol–water partition coefficient (Wildman–Crippen LogP) is 5.15. The van der Waals surface area contributed by atoms with Gasteiger partial charge in [-0.3, -0.25) is 10.00 Å². The minimum Gasteiger partial charge on any atom is -0.508 e. The van der Waals surface area contributed by atoms with E-state index in [4.69, 9.17) is 9.72 Å². The molecule has 0 saturated carbocycles. The molecule has 0 aliphatic carbocycles. The summed E-state index contributed by atoms with van der Waals surface area (Å²) in [5, 5.41) is 17.7. The average Bonchev–Trinajstić information content (AvgIpc) is 3.53. The first-order valence-electron chi connectivity index (χ1n) is 12.0. The molecule has 4 aromatic rings. The van der Waals surface area contributed by atoms with Crippen LogP contribution in [0.25, 0.3) is 39.1 Å². The molecular formula is C27H30FN5O2. The molecule has 1 aliphatic heterocycles. The summed E-state index contributed by atoms with van der Waals surface area (Å²) in [6, 6.07) is 8.66. The fraction of sp³-hybridized carbons (Fsp3) is 0.333. The third-order valence-electron chi connectivity index (χ3n) is 6.68. The van der Waals surface area contributed by atoms with Gasteiger partial charge in [0.1, 0.15) is 17.0 Å². The molecule has 0 bridgehead atoms. The van der Waals surface area contributed by atoms with Crippen molar-refractivity contribution >= 4 is 16.5 Å². The molecule has 1 aliphatic rings. The van der Waals surface area contributed by atoms with Gasteiger partial charge in [0, 0.05) is 50.5 Å². The zero-order valence-electron chi connectivity index (χ0n) is 20.1. The van der Waals surface area contributed by atoms with Gasteiger partial charge in [0.15, 0.2) is 11.6 Å². The molecule has 0 amide bonds. The van der Waals surface area contributed by atoms with E-state index >= 15 is 4.39 Å². The topological polar surface area (TPSA) is 90.1 Å². The quantitative estimate of drug-likeness (QED) is 0.307. The SMILES string of the molecule is CCc1cc(O)ccc1-c1ccc2c(-c3nc(C4=CCN(CCCOC)CC4)c[nH]3)n[nH]c2c1F. The zero-order valence-corrected chi connectivity index (χ0v) is 20.1. The van der Waals surface area contributed by atoms with Gasteiger partial charge in [0.2, 0.25) is 0 Å². The Kier molecular flexibility index (Phi) is 6.66. The number of methoxy groups -OCH3 is 1. The summed E-state index contributed by atoms with van der Waals surface area (Å²) in [5.41, 5.74) is 5.18. The van der Waals surface area contributed by atoms with Crippen LogP contribution in [-0.4, -0.2) is 63.5 Å². The Morgan fingerprint density at radius 2 is 2.06 bits per heavy atom. The van der Waals surface area contributed by atoms with Gasteiger partial charge in [-0.25, -0.2) is 9.37 Å². The highest BCUT2D eigenvalue weighted by Crippen LogP contribution is 2.35. The van der Waals surface area contributed by atoms with Gasteiger partial charge in [-0.15, -0.1) is 0 Å². The molecule has 182 valence electrons. The normalized spacial score (nSPS) is 14.5. The fourth-order valence-electron chi connectivity index (χ4n) is 4.77. The van der Waals surface area contributed by atoms with Crippen LogP contribution in [-0.2, 0) is 11.2 Å². The van der Waals surface area contributed by atoms with Crippen LogP contribution in [0.1, 0.15) is 31.0 Å². The first kappa shape index (κ1) is 23.3. The summed E-state index contributed by atoms with van der Waals surface area (Å²) in [7, 11) is 1.73. The zero-order chi connectivity index (χ0) is 24.4. The maximum absolute atomic E-state index is 15.6. The number of halogens is 1. The molecule has 2 aromatic carbocycles. The maximum atomic E-state index is 15.6. The highest BCUT2D eigenvalue weighted by Gasteiger charge is 2.20. The smallest absolute Gasteiger partial charge is 0.159 e. The van der Waals surface area contributed by atoms with E-state index in [9.17, 15) is 5.11 Å². The van der Waals surface area contributed by atoms with Gasteiger partial charge in [0.25, 0.3) is 0 Å². The van der Waals surface area contributed by atoms with E-state index in [0.29, 0.717) is 34.4 Å². The number of aromatic hydroxyl groups is 1. The highest BCUT2D eigenvalue weighted by molar-refractivity contribution is 5.94. The largest absolute Gasteiger partial charge is 0.508 e. The summed E-state index contributed by atoms with van der Waals surface area (Å²) in [4.78, 5) is 10.4. The summed E-state index contributed by atoms with van der Waals surface area (Å²) in [5.74, 6) is 0.425. The molecule has 3 heterocycles. The molecule has 0 unspecified atom stereocenters. The lowest BCUT2D eigenvalue weighted by molar-refractivity contribution is 0.175. The number of rotatable bonds is 8. The summed E-state index contributed by atoms with van der Waals surface area (Å²) in [6.07, 6.45) is 6.78. The Labute approximate surface area is 203 Å². The van der Waals surface area contributed by atoms with Crippen LogP contribution >= 0.6 is 0 Å². The van der Waals surface area contributed by atoms with E-state index in [0.717, 1.165) is 55.9 Å². The van der Waals surface area contributed by atoms with Crippen LogP contribution in [0.2, 0.25) is 0 Å². The number of benzene rings is 2. The second-order valence-electron chi connectivity index (χ2n) is 8.88. The predicted molar refractivity (Wildman–Crippen MR) is 136 cm³/mol. The van der Waals surface area contributed by atoms with Crippen LogP contribution < -0.4 is 0 Å². The lowest BCUT2D eigenvalue weighted by Crippen LogP contribution is -2.30. The molecule has 0 spiro atoms. The third-order valence-corrected chi connectivity index (χ3v) is 6.68. The summed E-state index contributed by atoms with van der Waals surface area (Å²) >= 11 is 0. The van der Waals surface area contributed by atoms with E-state index in [1.165, 1.54) is 5.57 Å². The Bertz CT molecular complexity index is 1370. The van der Waals surface area contributed by atoms with Gasteiger partial charge in [0.05, 0.1) is 5.69 Å². The number of nitrogens with one attached hydrogen (secondary N) is 2. The molecule has 35 heavy (non-hydrogen) atoms. The van der Waals surface area contributed by atoms with Crippen molar-refractivity contribution in [3.8, 4) is 28.4 Å². The number of H-pyrrole nitrogens is 2. The van der Waals surface area contributed by atoms with Crippen LogP contribution in [0.5, 0.6) is 5.75 Å². The number of fused-ring (bicyclic) bond motifs is 1. The summed E-state index contributed by atoms with van der Waals surface area (Å²) in [6.45, 7) is 5.69. The van der Waals surface area contributed by atoms with Crippen molar-refractivity contribution in [2.75, 3.05) is 33.4 Å². The number of nitrogens with zero attached hydrogens (tertiary/aromatic N) is 3. The molecule has 0 atom stereocenters. The highest BCUT2D eigenvalue weighted by atomic mass is 19.1. The number of ether oxygens (including phenoxy) is 1. The number of aromatic nitrogens is 4. The van der Waals surface area contributed by atoms with Crippen molar-refractivity contribution in [1.82, 2.24) is 25.1 Å². The molecule has 3 N–H and O–H groups in total. The third kappa shape index (κ3) is 4.59. The standard InChI is InChI=1S/C27H30FN5O2/c1-3-17-15-19(34)5-6-20(17)21-7-8-22-25(24(21)28)31-32-26(22)27-29-16-23(30-27)18-9-12-33(13-10-18)11-4-14-35-2/h5-9,15-16,34H,3-4,10-14H2,1-2H3,(H,29,30)(H,31,32). The molecule has 2 aromatic heterocycles. The molecule has 0 saturated heterocycles. The Balaban J connectivity index is 1.40. The van der Waals surface area contributed by atoms with Gasteiger partial charge >= 0.3 is 0 Å². The van der Waals surface area contributed by atoms with Crippen molar-refractivity contribution in [3.63, 3.8) is 0 Å². The van der Waals surface area contributed by atoms with Crippen molar-refractivity contribution < 1.29 is 14.2 Å². The van der Waals surface area contributed by atoms with Crippen molar-refractivity contribution in [2.24, 2.45) is 0 Å². The lowest BCUT2D eigenvalue weighted by atomic mass is 9.96. The number of phenolic OH excluding ortho intramolecular Hbond substituents is 1. The second kappa shape index (κ2) is 10.0. The number of aromatic amines is 2. The van der Waals surface area contributed by atoms with Gasteiger partial charge in [-0.05, 0) is 54.2 Å². The van der Waals surface area contributed by atoms with E-state index in [1.807, 2.05) is 19.2 Å². The Morgan fingerprint density at radius 1 is 1.20 bits per heavy atom. The minimum absolute atomic E-state index is 0.177. The van der Waals surface area contributed by atoms with Gasteiger partial charge < -0.3 is 14.8 Å². The molecule has 5 rings (SSSR count). The number of phenols is 1. The molecule has 7 nitrogen and oxygen atoms in total. The van der Waals surface area contributed by atoms with Crippen molar-refractivity contribution in [3.05, 3.63) is 59.7 Å². The number of hydrogen-bond donors (Lipinski definition) is 3. The molecule has 0 radical (unpaired) electrons. The van der Waals surface area contributed by atoms with E-state index in [-0.39, 0.29) is 11.6 Å². The van der Waals surface area contributed by atoms with Crippen LogP contribution in [0.15, 0.2) is 42.6 Å². The fourth-order valence-corrected chi connectivity index (χ4v) is 4.77. The van der Waals surface area contributed by atoms with Crippen LogP contribution in [0.3, 0.4) is 0 Å². The number of aryl methyl sites for hydroxylation is 1. The van der Waals surface area contributed by atoms with E-state index in [1.54, 1.807) is 31.4 Å². The monoisotopic (exact) mass is 475 g/mol. The first-order chi connectivity index (χ1) is 17.1. The molecule has 8 heteroatoms. The van der Waals surface area contributed by atoms with E-state index in [2.05, 4.69) is 26.2 Å². The Morgan fingerprint density at radius 3 is 2.83 bits per heavy atom. The molecule has 0 fully saturated rings. The van der Waals surface area contributed by atoms with Crippen molar-refractivity contribution in [1.29, 1.82) is 0 Å². The number of imidazole rings is 1.